The molecule has 0 fully saturated rings. The normalized spacial score (nSPS) is 13.9. The van der Waals surface area contributed by atoms with E-state index in [-0.39, 0.29) is 37.7 Å². The fraction of sp³-hybridized carbons (Fsp3) is 0.773. The zero-order valence-electron chi connectivity index (χ0n) is 32.7. The van der Waals surface area contributed by atoms with E-state index in [1.54, 1.807) is 0 Å². The molecule has 0 aliphatic carbocycles. The second kappa shape index (κ2) is 38.1. The second-order valence-corrected chi connectivity index (χ2v) is 14.2. The minimum Gasteiger partial charge on any atom is -0.463 e. The van der Waals surface area contributed by atoms with Gasteiger partial charge >= 0.3 is 11.9 Å². The van der Waals surface area contributed by atoms with Crippen molar-refractivity contribution in [3.63, 3.8) is 0 Å². The van der Waals surface area contributed by atoms with Crippen LogP contribution in [0.4, 0.5) is 0 Å². The van der Waals surface area contributed by atoms with Crippen molar-refractivity contribution < 1.29 is 29.3 Å². The fourth-order valence-electron chi connectivity index (χ4n) is 5.64. The van der Waals surface area contributed by atoms with E-state index in [1.165, 1.54) is 89.9 Å². The average molecular weight is 703 g/mol. The highest BCUT2D eigenvalue weighted by atomic mass is 16.6. The Labute approximate surface area is 308 Å². The Hall–Kier alpha value is -2.18. The topological polar surface area (TPSA) is 93.1 Å². The summed E-state index contributed by atoms with van der Waals surface area (Å²) < 4.78 is 10.3. The van der Waals surface area contributed by atoms with Gasteiger partial charge in [0.1, 0.15) is 19.3 Å². The van der Waals surface area contributed by atoms with Gasteiger partial charge in [0.05, 0.1) is 6.10 Å². The number of unbranched alkanes of at least 4 members (excludes halogenated alkanes) is 16. The maximum Gasteiger partial charge on any atom is 0.305 e. The van der Waals surface area contributed by atoms with E-state index in [0.29, 0.717) is 12.8 Å². The van der Waals surface area contributed by atoms with Crippen LogP contribution in [0.5, 0.6) is 0 Å². The van der Waals surface area contributed by atoms with E-state index < -0.39 is 6.10 Å². The monoisotopic (exact) mass is 703 g/mol. The third-order valence-corrected chi connectivity index (χ3v) is 9.21. The van der Waals surface area contributed by atoms with Crippen molar-refractivity contribution in [3.8, 4) is 0 Å². The van der Waals surface area contributed by atoms with Crippen LogP contribution in [-0.2, 0) is 19.1 Å². The molecule has 0 amide bonds. The first-order chi connectivity index (χ1) is 24.4. The van der Waals surface area contributed by atoms with Gasteiger partial charge < -0.3 is 19.7 Å². The van der Waals surface area contributed by atoms with Crippen LogP contribution in [0.15, 0.2) is 48.6 Å². The number of aliphatic hydroxyl groups is 2. The molecule has 290 valence electrons. The molecule has 50 heavy (non-hydrogen) atoms. The summed E-state index contributed by atoms with van der Waals surface area (Å²) in [4.78, 5) is 23.9. The lowest BCUT2D eigenvalue weighted by molar-refractivity contribution is -0.152. The molecule has 0 spiro atoms. The summed E-state index contributed by atoms with van der Waals surface area (Å²) in [6.45, 7) is 6.52. The SMILES string of the molecule is CCCCC[C@@H](O)/C=C/C=C\C/C=C\C/C=C\CCCC(=O)OC[C@H](O)COC(=O)CCCCCCCCCCCCCCCCC(C)CC. The zero-order chi connectivity index (χ0) is 36.8. The van der Waals surface area contributed by atoms with E-state index in [2.05, 4.69) is 51.2 Å². The number of ether oxygens (including phenoxy) is 2. The Bertz CT molecular complexity index is 876. The lowest BCUT2D eigenvalue weighted by Gasteiger charge is -2.12. The van der Waals surface area contributed by atoms with Crippen LogP contribution in [0.25, 0.3) is 0 Å². The van der Waals surface area contributed by atoms with E-state index in [0.717, 1.165) is 63.7 Å². The van der Waals surface area contributed by atoms with Gasteiger partial charge in [0.2, 0.25) is 0 Å². The Morgan fingerprint density at radius 2 is 1.04 bits per heavy atom. The van der Waals surface area contributed by atoms with Crippen molar-refractivity contribution in [2.24, 2.45) is 5.92 Å². The molecule has 2 N–H and O–H groups in total. The molecule has 0 bridgehead atoms. The Balaban J connectivity index is 3.56. The maximum atomic E-state index is 12.0. The van der Waals surface area contributed by atoms with Crippen molar-refractivity contribution >= 4 is 11.9 Å². The highest BCUT2D eigenvalue weighted by molar-refractivity contribution is 5.69. The lowest BCUT2D eigenvalue weighted by atomic mass is 9.99. The summed E-state index contributed by atoms with van der Waals surface area (Å²) in [5, 5.41) is 19.9. The van der Waals surface area contributed by atoms with Crippen LogP contribution >= 0.6 is 0 Å². The molecule has 0 saturated heterocycles. The van der Waals surface area contributed by atoms with Gasteiger partial charge in [-0.1, -0.05) is 185 Å². The predicted octanol–water partition coefficient (Wildman–Crippen LogP) is 11.8. The molecular formula is C44H78O6. The quantitative estimate of drug-likeness (QED) is 0.0292. The first kappa shape index (κ1) is 47.8. The minimum absolute atomic E-state index is 0.144. The molecule has 0 aromatic heterocycles. The smallest absolute Gasteiger partial charge is 0.305 e. The summed E-state index contributed by atoms with van der Waals surface area (Å²) in [6, 6.07) is 0. The van der Waals surface area contributed by atoms with Crippen LogP contribution in [-0.4, -0.2) is 47.6 Å². The van der Waals surface area contributed by atoms with Crippen LogP contribution in [0.1, 0.15) is 188 Å². The molecule has 3 atom stereocenters. The van der Waals surface area contributed by atoms with Gasteiger partial charge in [-0.05, 0) is 44.4 Å². The largest absolute Gasteiger partial charge is 0.463 e. The molecule has 0 aromatic rings. The summed E-state index contributed by atoms with van der Waals surface area (Å²) in [5.41, 5.74) is 0. The van der Waals surface area contributed by atoms with Crippen molar-refractivity contribution in [2.45, 2.75) is 200 Å². The summed E-state index contributed by atoms with van der Waals surface area (Å²) in [6.07, 6.45) is 43.5. The van der Waals surface area contributed by atoms with Crippen LogP contribution < -0.4 is 0 Å². The number of rotatable bonds is 36. The summed E-state index contributed by atoms with van der Waals surface area (Å²) in [7, 11) is 0. The molecule has 6 heteroatoms. The van der Waals surface area contributed by atoms with E-state index in [1.807, 2.05) is 18.2 Å². The van der Waals surface area contributed by atoms with E-state index >= 15 is 0 Å². The van der Waals surface area contributed by atoms with Gasteiger partial charge in [0, 0.05) is 12.8 Å². The minimum atomic E-state index is -0.998. The van der Waals surface area contributed by atoms with Crippen molar-refractivity contribution in [3.05, 3.63) is 48.6 Å². The predicted molar refractivity (Wildman–Crippen MR) is 211 cm³/mol. The molecule has 0 aliphatic heterocycles. The second-order valence-electron chi connectivity index (χ2n) is 14.2. The number of carbonyl (C=O) groups excluding carboxylic acids is 2. The number of esters is 2. The van der Waals surface area contributed by atoms with Gasteiger partial charge in [-0.2, -0.15) is 0 Å². The summed E-state index contributed by atoms with van der Waals surface area (Å²) >= 11 is 0. The maximum absolute atomic E-state index is 12.0. The third kappa shape index (κ3) is 37.1. The van der Waals surface area contributed by atoms with Crippen molar-refractivity contribution in [1.29, 1.82) is 0 Å². The standard InChI is InChI=1S/C44H78O6/c1-4-6-28-34-41(45)35-30-25-21-17-13-11-15-19-23-27-32-37-44(48)50-39-42(46)38-49-43(47)36-31-26-22-18-14-10-8-7-9-12-16-20-24-29-33-40(3)5-2/h11,13,19,21,23,25,30,35,40-42,45-46H,4-10,12,14-18,20,22,24,26-29,31-34,36-39H2,1-3H3/b13-11-,23-19-,25-21-,35-30+/t40?,41-,42-/m1/s1. The molecule has 0 aromatic carbocycles. The first-order valence-electron chi connectivity index (χ1n) is 20.7. The average Bonchev–Trinajstić information content (AvgIpc) is 3.11. The Morgan fingerprint density at radius 3 is 1.60 bits per heavy atom. The van der Waals surface area contributed by atoms with Crippen LogP contribution in [0.2, 0.25) is 0 Å². The zero-order valence-corrected chi connectivity index (χ0v) is 32.7. The molecule has 0 saturated carbocycles. The molecular weight excluding hydrogens is 624 g/mol. The highest BCUT2D eigenvalue weighted by Crippen LogP contribution is 2.16. The summed E-state index contributed by atoms with van der Waals surface area (Å²) in [5.74, 6) is 0.245. The number of hydrogen-bond acceptors (Lipinski definition) is 6. The van der Waals surface area contributed by atoms with Crippen LogP contribution in [0, 0.1) is 5.92 Å². The fourth-order valence-corrected chi connectivity index (χ4v) is 5.64. The van der Waals surface area contributed by atoms with Gasteiger partial charge in [-0.25, -0.2) is 0 Å². The first-order valence-corrected chi connectivity index (χ1v) is 20.7. The number of allylic oxidation sites excluding steroid dienone is 7. The molecule has 6 nitrogen and oxygen atoms in total. The number of hydrogen-bond donors (Lipinski definition) is 2. The van der Waals surface area contributed by atoms with Gasteiger partial charge in [0.15, 0.2) is 0 Å². The van der Waals surface area contributed by atoms with Crippen LogP contribution in [0.3, 0.4) is 0 Å². The molecule has 0 heterocycles. The highest BCUT2D eigenvalue weighted by Gasteiger charge is 2.12. The van der Waals surface area contributed by atoms with Gasteiger partial charge in [-0.15, -0.1) is 0 Å². The molecule has 0 radical (unpaired) electrons. The van der Waals surface area contributed by atoms with Crippen molar-refractivity contribution in [1.82, 2.24) is 0 Å². The molecule has 1 unspecified atom stereocenters. The van der Waals surface area contributed by atoms with Gasteiger partial charge in [0.25, 0.3) is 0 Å². The number of aliphatic hydroxyl groups excluding tert-OH is 2. The molecule has 0 rings (SSSR count). The van der Waals surface area contributed by atoms with Gasteiger partial charge in [-0.3, -0.25) is 9.59 Å². The third-order valence-electron chi connectivity index (χ3n) is 9.21. The van der Waals surface area contributed by atoms with E-state index in [9.17, 15) is 19.8 Å². The van der Waals surface area contributed by atoms with Crippen molar-refractivity contribution in [2.75, 3.05) is 13.2 Å². The molecule has 0 aliphatic rings. The Morgan fingerprint density at radius 1 is 0.560 bits per heavy atom. The lowest BCUT2D eigenvalue weighted by Crippen LogP contribution is -2.25. The number of carbonyl (C=O) groups is 2. The Kier molecular flexibility index (Phi) is 36.4. The van der Waals surface area contributed by atoms with E-state index in [4.69, 9.17) is 9.47 Å².